The van der Waals surface area contributed by atoms with E-state index in [0.717, 1.165) is 6.42 Å². The van der Waals surface area contributed by atoms with Crippen LogP contribution in [0.2, 0.25) is 0 Å². The number of hydrogen-bond donors (Lipinski definition) is 3. The Bertz CT molecular complexity index is 233. The maximum atomic E-state index is 11.5. The third kappa shape index (κ3) is 5.67. The van der Waals surface area contributed by atoms with Crippen LogP contribution in [0.5, 0.6) is 0 Å². The van der Waals surface area contributed by atoms with Gasteiger partial charge in [-0.25, -0.2) is 4.79 Å². The van der Waals surface area contributed by atoms with Gasteiger partial charge in [0.05, 0.1) is 6.04 Å². The summed E-state index contributed by atoms with van der Waals surface area (Å²) in [5, 5.41) is 11.2. The molecule has 0 aliphatic carbocycles. The van der Waals surface area contributed by atoms with Crippen LogP contribution in [0.4, 0.5) is 0 Å². The lowest BCUT2D eigenvalue weighted by molar-refractivity contribution is -0.142. The molecule has 0 aromatic carbocycles. The molecule has 6 nitrogen and oxygen atoms in total. The Kier molecular flexibility index (Phi) is 7.49. The van der Waals surface area contributed by atoms with Crippen molar-refractivity contribution in [3.63, 3.8) is 0 Å². The molecule has 1 amide bonds. The maximum absolute atomic E-state index is 11.5. The summed E-state index contributed by atoms with van der Waals surface area (Å²) < 4.78 is 4.77. The second-order valence-corrected chi connectivity index (χ2v) is 3.58. The molecular weight excluding hydrogens is 212 g/mol. The number of methoxy groups -OCH3 is 1. The van der Waals surface area contributed by atoms with E-state index in [1.807, 2.05) is 6.92 Å². The number of nitrogens with one attached hydrogen (secondary N) is 1. The van der Waals surface area contributed by atoms with Gasteiger partial charge in [-0.15, -0.1) is 0 Å². The van der Waals surface area contributed by atoms with Crippen molar-refractivity contribution in [2.24, 2.45) is 5.73 Å². The van der Waals surface area contributed by atoms with Crippen LogP contribution in [0.15, 0.2) is 0 Å². The number of rotatable bonds is 8. The predicted molar refractivity (Wildman–Crippen MR) is 58.9 cm³/mol. The first-order valence-electron chi connectivity index (χ1n) is 5.30. The Morgan fingerprint density at radius 3 is 2.50 bits per heavy atom. The van der Waals surface area contributed by atoms with E-state index in [4.69, 9.17) is 15.6 Å². The Morgan fingerprint density at radius 2 is 2.06 bits per heavy atom. The monoisotopic (exact) mass is 232 g/mol. The highest BCUT2D eigenvalue weighted by molar-refractivity contribution is 5.86. The molecule has 0 aliphatic rings. The number of carboxylic acids is 1. The van der Waals surface area contributed by atoms with Crippen LogP contribution in [0.1, 0.15) is 26.2 Å². The molecule has 0 radical (unpaired) electrons. The summed E-state index contributed by atoms with van der Waals surface area (Å²) in [5.74, 6) is -1.50. The first-order chi connectivity index (χ1) is 7.52. The van der Waals surface area contributed by atoms with Gasteiger partial charge in [-0.2, -0.15) is 0 Å². The van der Waals surface area contributed by atoms with Crippen LogP contribution >= 0.6 is 0 Å². The van der Waals surface area contributed by atoms with E-state index in [0.29, 0.717) is 6.42 Å². The summed E-state index contributed by atoms with van der Waals surface area (Å²) in [7, 11) is 1.48. The fourth-order valence-corrected chi connectivity index (χ4v) is 1.21. The molecule has 0 saturated carbocycles. The molecular formula is C10H20N2O4. The maximum Gasteiger partial charge on any atom is 0.326 e. The second-order valence-electron chi connectivity index (χ2n) is 3.58. The van der Waals surface area contributed by atoms with Crippen LogP contribution in [0.25, 0.3) is 0 Å². The summed E-state index contributed by atoms with van der Waals surface area (Å²) in [6, 6.07) is -1.58. The average Bonchev–Trinajstić information content (AvgIpc) is 2.23. The van der Waals surface area contributed by atoms with E-state index in [1.165, 1.54) is 7.11 Å². The van der Waals surface area contributed by atoms with Crippen LogP contribution in [-0.2, 0) is 14.3 Å². The second kappa shape index (κ2) is 8.06. The van der Waals surface area contributed by atoms with Crippen LogP contribution in [0, 0.1) is 0 Å². The molecule has 0 bridgehead atoms. The van der Waals surface area contributed by atoms with Crippen molar-refractivity contribution < 1.29 is 19.4 Å². The van der Waals surface area contributed by atoms with Gasteiger partial charge in [-0.05, 0) is 6.42 Å². The molecule has 0 heterocycles. The van der Waals surface area contributed by atoms with Crippen molar-refractivity contribution in [3.8, 4) is 0 Å². The topological polar surface area (TPSA) is 102 Å². The number of carbonyl (C=O) groups excluding carboxylic acids is 1. The first kappa shape index (κ1) is 14.9. The van der Waals surface area contributed by atoms with Gasteiger partial charge in [-0.3, -0.25) is 4.79 Å². The lowest BCUT2D eigenvalue weighted by Crippen LogP contribution is -2.48. The Labute approximate surface area is 95.1 Å². The minimum absolute atomic E-state index is 0.233. The minimum atomic E-state index is -1.07. The minimum Gasteiger partial charge on any atom is -0.480 e. The Hall–Kier alpha value is -1.14. The zero-order chi connectivity index (χ0) is 12.6. The molecule has 0 aromatic heterocycles. The molecule has 0 fully saturated rings. The normalized spacial score (nSPS) is 14.2. The van der Waals surface area contributed by atoms with Gasteiger partial charge < -0.3 is 20.9 Å². The Balaban J connectivity index is 4.17. The van der Waals surface area contributed by atoms with Gasteiger partial charge in [0.25, 0.3) is 0 Å². The highest BCUT2D eigenvalue weighted by Crippen LogP contribution is 1.97. The van der Waals surface area contributed by atoms with E-state index in [1.54, 1.807) is 0 Å². The third-order valence-corrected chi connectivity index (χ3v) is 2.16. The molecule has 2 unspecified atom stereocenters. The number of ether oxygens (including phenoxy) is 1. The number of nitrogens with two attached hydrogens (primary N) is 1. The zero-order valence-corrected chi connectivity index (χ0v) is 9.73. The molecule has 0 aromatic rings. The summed E-state index contributed by atoms with van der Waals surface area (Å²) in [5.41, 5.74) is 5.57. The van der Waals surface area contributed by atoms with Crippen molar-refractivity contribution in [2.45, 2.75) is 38.3 Å². The summed E-state index contributed by atoms with van der Waals surface area (Å²) in [6.45, 7) is 2.19. The molecule has 2 atom stereocenters. The standard InChI is InChI=1S/C10H20N2O4/c1-3-4-7(11)9(13)12-8(10(14)15)5-6-16-2/h7-8H,3-6,11H2,1-2H3,(H,12,13)(H,14,15). The smallest absolute Gasteiger partial charge is 0.326 e. The third-order valence-electron chi connectivity index (χ3n) is 2.16. The van der Waals surface area contributed by atoms with Gasteiger partial charge in [0, 0.05) is 20.1 Å². The highest BCUT2D eigenvalue weighted by atomic mass is 16.5. The molecule has 4 N–H and O–H groups in total. The van der Waals surface area contributed by atoms with Crippen molar-refractivity contribution in [3.05, 3.63) is 0 Å². The predicted octanol–water partition coefficient (Wildman–Crippen LogP) is -0.280. The lowest BCUT2D eigenvalue weighted by atomic mass is 10.1. The zero-order valence-electron chi connectivity index (χ0n) is 9.73. The summed E-state index contributed by atoms with van der Waals surface area (Å²) in [4.78, 5) is 22.3. The van der Waals surface area contributed by atoms with Gasteiger partial charge in [0.15, 0.2) is 0 Å². The van der Waals surface area contributed by atoms with Gasteiger partial charge in [-0.1, -0.05) is 13.3 Å². The number of carbonyl (C=O) groups is 2. The number of hydrogen-bond acceptors (Lipinski definition) is 4. The molecule has 0 spiro atoms. The van der Waals surface area contributed by atoms with Gasteiger partial charge in [0.1, 0.15) is 6.04 Å². The summed E-state index contributed by atoms with van der Waals surface area (Å²) in [6.07, 6.45) is 1.56. The molecule has 0 rings (SSSR count). The first-order valence-corrected chi connectivity index (χ1v) is 5.30. The van der Waals surface area contributed by atoms with E-state index in [-0.39, 0.29) is 13.0 Å². The highest BCUT2D eigenvalue weighted by Gasteiger charge is 2.22. The van der Waals surface area contributed by atoms with E-state index >= 15 is 0 Å². The van der Waals surface area contributed by atoms with E-state index < -0.39 is 24.0 Å². The molecule has 0 saturated heterocycles. The van der Waals surface area contributed by atoms with Crippen molar-refractivity contribution in [1.29, 1.82) is 0 Å². The Morgan fingerprint density at radius 1 is 1.44 bits per heavy atom. The van der Waals surface area contributed by atoms with Gasteiger partial charge >= 0.3 is 5.97 Å². The number of aliphatic carboxylic acids is 1. The van der Waals surface area contributed by atoms with Crippen LogP contribution in [-0.4, -0.2) is 42.8 Å². The molecule has 16 heavy (non-hydrogen) atoms. The van der Waals surface area contributed by atoms with Crippen LogP contribution < -0.4 is 11.1 Å². The summed E-state index contributed by atoms with van der Waals surface area (Å²) >= 11 is 0. The quantitative estimate of drug-likeness (QED) is 0.534. The van der Waals surface area contributed by atoms with Crippen LogP contribution in [0.3, 0.4) is 0 Å². The fraction of sp³-hybridized carbons (Fsp3) is 0.800. The lowest BCUT2D eigenvalue weighted by Gasteiger charge is -2.17. The number of carboxylic acid groups (broad SMARTS) is 1. The molecule has 0 aliphatic heterocycles. The van der Waals surface area contributed by atoms with Crippen molar-refractivity contribution >= 4 is 11.9 Å². The average molecular weight is 232 g/mol. The van der Waals surface area contributed by atoms with E-state index in [2.05, 4.69) is 5.32 Å². The fourth-order valence-electron chi connectivity index (χ4n) is 1.21. The van der Waals surface area contributed by atoms with Crippen molar-refractivity contribution in [1.82, 2.24) is 5.32 Å². The van der Waals surface area contributed by atoms with Gasteiger partial charge in [0.2, 0.25) is 5.91 Å². The number of amides is 1. The van der Waals surface area contributed by atoms with E-state index in [9.17, 15) is 9.59 Å². The molecule has 6 heteroatoms. The SMILES string of the molecule is CCCC(N)C(=O)NC(CCOC)C(=O)O. The largest absolute Gasteiger partial charge is 0.480 e. The molecule has 94 valence electrons. The van der Waals surface area contributed by atoms with Crippen molar-refractivity contribution in [2.75, 3.05) is 13.7 Å².